The lowest BCUT2D eigenvalue weighted by atomic mass is 9.98. The Hall–Kier alpha value is -4.34. The number of aromatic nitrogens is 2. The monoisotopic (exact) mass is 492 g/mol. The van der Waals surface area contributed by atoms with E-state index in [9.17, 15) is 19.5 Å². The first kappa shape index (κ1) is 24.8. The lowest BCUT2D eigenvalue weighted by Gasteiger charge is -2.23. The second-order valence-electron chi connectivity index (χ2n) is 8.61. The van der Waals surface area contributed by atoms with Crippen LogP contribution in [-0.2, 0) is 4.79 Å². The Morgan fingerprint density at radius 2 is 1.81 bits per heavy atom. The summed E-state index contributed by atoms with van der Waals surface area (Å²) in [5, 5.41) is 16.9. The molecular weight excluding hydrogens is 464 g/mol. The van der Waals surface area contributed by atoms with E-state index in [2.05, 4.69) is 10.1 Å². The molecule has 10 heteroatoms. The number of hydrogen-bond acceptors (Lipinski definition) is 7. The largest absolute Gasteiger partial charge is 0.497 e. The molecule has 0 spiro atoms. The summed E-state index contributed by atoms with van der Waals surface area (Å²) >= 11 is 0. The summed E-state index contributed by atoms with van der Waals surface area (Å²) in [4.78, 5) is 40.7. The normalized spacial score (nSPS) is 15.1. The highest BCUT2D eigenvalue weighted by atomic mass is 16.5. The van der Waals surface area contributed by atoms with Gasteiger partial charge in [0.25, 0.3) is 5.56 Å². The highest BCUT2D eigenvalue weighted by Gasteiger charge is 2.36. The van der Waals surface area contributed by atoms with Gasteiger partial charge in [0.05, 0.1) is 31.7 Å². The van der Waals surface area contributed by atoms with Gasteiger partial charge in [-0.05, 0) is 49.2 Å². The maximum atomic E-state index is 12.9. The van der Waals surface area contributed by atoms with E-state index in [0.29, 0.717) is 22.7 Å². The van der Waals surface area contributed by atoms with Gasteiger partial charge in [-0.1, -0.05) is 13.0 Å². The van der Waals surface area contributed by atoms with Crippen LogP contribution in [0.25, 0.3) is 5.69 Å². The number of aromatic hydroxyl groups is 1. The summed E-state index contributed by atoms with van der Waals surface area (Å²) in [5.41, 5.74) is 1.28. The van der Waals surface area contributed by atoms with Crippen molar-refractivity contribution in [3.8, 4) is 23.1 Å². The number of rotatable bonds is 6. The first-order valence-corrected chi connectivity index (χ1v) is 11.5. The third-order valence-electron chi connectivity index (χ3n) is 6.11. The topological polar surface area (TPSA) is 126 Å². The van der Waals surface area contributed by atoms with Gasteiger partial charge in [0, 0.05) is 24.5 Å². The van der Waals surface area contributed by atoms with Crippen LogP contribution in [0.3, 0.4) is 0 Å². The molecule has 1 amide bonds. The highest BCUT2D eigenvalue weighted by molar-refractivity contribution is 6.04. The number of carbonyl (C=O) groups excluding carboxylic acids is 1. The molecule has 36 heavy (non-hydrogen) atoms. The van der Waals surface area contributed by atoms with Crippen LogP contribution in [-0.4, -0.2) is 45.5 Å². The Bertz CT molecular complexity index is 1470. The summed E-state index contributed by atoms with van der Waals surface area (Å²) in [5.74, 6) is 0.255. The standard InChI is InChI=1S/C26H28N4O6/c1-6-22(31)30-20(18-8-7-17(35-4)12-21(18)36-5)13-19(28-30)23-24(32)27-26(34)29(25(23)33)16-10-14(2)9-15(3)11-16/h7-12,20,33H,6,13H2,1-5H3,(H,27,32,34)/t20-/m1/s1. The van der Waals surface area contributed by atoms with Crippen LogP contribution in [0.5, 0.6) is 17.4 Å². The zero-order valence-electron chi connectivity index (χ0n) is 20.8. The molecule has 0 saturated carbocycles. The molecule has 0 unspecified atom stereocenters. The summed E-state index contributed by atoms with van der Waals surface area (Å²) in [6.07, 6.45) is 0.298. The molecule has 10 nitrogen and oxygen atoms in total. The minimum Gasteiger partial charge on any atom is -0.497 e. The maximum absolute atomic E-state index is 12.9. The van der Waals surface area contributed by atoms with Gasteiger partial charge >= 0.3 is 5.69 Å². The van der Waals surface area contributed by atoms with Crippen molar-refractivity contribution in [1.29, 1.82) is 0 Å². The van der Waals surface area contributed by atoms with Gasteiger partial charge in [-0.25, -0.2) is 14.4 Å². The van der Waals surface area contributed by atoms with Crippen molar-refractivity contribution in [3.63, 3.8) is 0 Å². The van der Waals surface area contributed by atoms with Crippen molar-refractivity contribution in [2.75, 3.05) is 14.2 Å². The van der Waals surface area contributed by atoms with E-state index in [1.807, 2.05) is 19.9 Å². The second kappa shape index (κ2) is 9.73. The molecule has 2 aromatic carbocycles. The van der Waals surface area contributed by atoms with Crippen LogP contribution in [0.15, 0.2) is 51.1 Å². The number of aromatic amines is 1. The fraction of sp³-hybridized carbons (Fsp3) is 0.308. The SMILES string of the molecule is CCC(=O)N1N=C(c2c(O)n(-c3cc(C)cc(C)c3)c(=O)[nH]c2=O)C[C@@H]1c1ccc(OC)cc1OC. The van der Waals surface area contributed by atoms with Crippen molar-refractivity contribution in [2.45, 2.75) is 39.7 Å². The molecule has 0 bridgehead atoms. The van der Waals surface area contributed by atoms with Gasteiger partial charge in [-0.3, -0.25) is 14.6 Å². The molecule has 0 fully saturated rings. The smallest absolute Gasteiger partial charge is 0.335 e. The number of amides is 1. The van der Waals surface area contributed by atoms with E-state index in [4.69, 9.17) is 9.47 Å². The molecule has 1 aromatic heterocycles. The van der Waals surface area contributed by atoms with E-state index >= 15 is 0 Å². The second-order valence-corrected chi connectivity index (χ2v) is 8.61. The number of nitrogens with zero attached hydrogens (tertiary/aromatic N) is 3. The molecule has 2 N–H and O–H groups in total. The molecular formula is C26H28N4O6. The van der Waals surface area contributed by atoms with Gasteiger partial charge < -0.3 is 14.6 Å². The zero-order valence-corrected chi connectivity index (χ0v) is 20.8. The van der Waals surface area contributed by atoms with E-state index in [0.717, 1.165) is 15.7 Å². The molecule has 1 atom stereocenters. The average Bonchev–Trinajstić information content (AvgIpc) is 3.26. The fourth-order valence-electron chi connectivity index (χ4n) is 4.49. The van der Waals surface area contributed by atoms with Crippen LogP contribution in [0.4, 0.5) is 0 Å². The lowest BCUT2D eigenvalue weighted by molar-refractivity contribution is -0.132. The first-order chi connectivity index (χ1) is 17.2. The Morgan fingerprint density at radius 3 is 2.42 bits per heavy atom. The maximum Gasteiger partial charge on any atom is 0.335 e. The van der Waals surface area contributed by atoms with Crippen LogP contribution < -0.4 is 20.7 Å². The number of nitrogens with one attached hydrogen (secondary N) is 1. The van der Waals surface area contributed by atoms with Crippen molar-refractivity contribution in [3.05, 3.63) is 79.5 Å². The molecule has 1 aliphatic heterocycles. The quantitative estimate of drug-likeness (QED) is 0.545. The summed E-state index contributed by atoms with van der Waals surface area (Å²) in [6, 6.07) is 10.0. The van der Waals surface area contributed by atoms with Crippen LogP contribution in [0.1, 0.15) is 48.1 Å². The van der Waals surface area contributed by atoms with Crippen molar-refractivity contribution < 1.29 is 19.4 Å². The summed E-state index contributed by atoms with van der Waals surface area (Å²) in [7, 11) is 3.05. The molecule has 0 aliphatic carbocycles. The van der Waals surface area contributed by atoms with Gasteiger partial charge in [0.2, 0.25) is 11.8 Å². The number of aryl methyl sites for hydroxylation is 2. The summed E-state index contributed by atoms with van der Waals surface area (Å²) in [6.45, 7) is 5.45. The van der Waals surface area contributed by atoms with Crippen molar-refractivity contribution in [1.82, 2.24) is 14.6 Å². The van der Waals surface area contributed by atoms with Gasteiger partial charge in [-0.15, -0.1) is 0 Å². The van der Waals surface area contributed by atoms with Gasteiger partial charge in [0.15, 0.2) is 0 Å². The zero-order chi connectivity index (χ0) is 26.1. The number of hydrogen-bond donors (Lipinski definition) is 2. The number of benzene rings is 2. The first-order valence-electron chi connectivity index (χ1n) is 11.5. The average molecular weight is 493 g/mol. The summed E-state index contributed by atoms with van der Waals surface area (Å²) < 4.78 is 11.8. The highest BCUT2D eigenvalue weighted by Crippen LogP contribution is 2.39. The Balaban J connectivity index is 1.87. The lowest BCUT2D eigenvalue weighted by Crippen LogP contribution is -2.33. The van der Waals surface area contributed by atoms with E-state index < -0.39 is 23.2 Å². The minimum absolute atomic E-state index is 0.121. The molecule has 4 rings (SSSR count). The number of methoxy groups -OCH3 is 2. The minimum atomic E-state index is -0.789. The predicted octanol–water partition coefficient (Wildman–Crippen LogP) is 2.95. The third kappa shape index (κ3) is 4.37. The van der Waals surface area contributed by atoms with E-state index in [1.54, 1.807) is 37.3 Å². The number of ether oxygens (including phenoxy) is 2. The Labute approximate surface area is 207 Å². The number of hydrazone groups is 1. The van der Waals surface area contributed by atoms with Crippen LogP contribution in [0.2, 0.25) is 0 Å². The molecule has 0 radical (unpaired) electrons. The Morgan fingerprint density at radius 1 is 1.11 bits per heavy atom. The molecule has 3 aromatic rings. The van der Waals surface area contributed by atoms with Gasteiger partial charge in [-0.2, -0.15) is 5.10 Å². The van der Waals surface area contributed by atoms with E-state index in [-0.39, 0.29) is 30.0 Å². The molecule has 2 heterocycles. The van der Waals surface area contributed by atoms with E-state index in [1.165, 1.54) is 19.2 Å². The number of carbonyl (C=O) groups is 1. The molecule has 1 aliphatic rings. The van der Waals surface area contributed by atoms with Crippen LogP contribution >= 0.6 is 0 Å². The number of H-pyrrole nitrogens is 1. The van der Waals surface area contributed by atoms with Gasteiger partial charge in [0.1, 0.15) is 17.1 Å². The van der Waals surface area contributed by atoms with Crippen molar-refractivity contribution in [2.24, 2.45) is 5.10 Å². The fourth-order valence-corrected chi connectivity index (χ4v) is 4.49. The third-order valence-corrected chi connectivity index (χ3v) is 6.11. The van der Waals surface area contributed by atoms with Crippen LogP contribution in [0, 0.1) is 13.8 Å². The molecule has 0 saturated heterocycles. The molecule has 188 valence electrons. The predicted molar refractivity (Wildman–Crippen MR) is 134 cm³/mol. The Kier molecular flexibility index (Phi) is 6.69. The van der Waals surface area contributed by atoms with Crippen molar-refractivity contribution >= 4 is 11.6 Å².